The maximum Gasteiger partial charge on any atom is 0.0551 e. The van der Waals surface area contributed by atoms with Gasteiger partial charge in [0.1, 0.15) is 0 Å². The Kier molecular flexibility index (Phi) is 6.53. The molecule has 1 heteroatoms. The van der Waals surface area contributed by atoms with Gasteiger partial charge in [-0.1, -0.05) is 66.0 Å². The van der Waals surface area contributed by atoms with Gasteiger partial charge in [-0.05, 0) is 110 Å². The number of rotatable bonds is 6. The van der Waals surface area contributed by atoms with Crippen molar-refractivity contribution in [3.8, 4) is 0 Å². The molecule has 4 aliphatic carbocycles. The number of aliphatic hydroxyl groups excluding tert-OH is 1. The molecule has 0 amide bonds. The number of allylic oxidation sites excluding steroid dienone is 2. The third-order valence-corrected chi connectivity index (χ3v) is 11.3. The monoisotopic (exact) mass is 414 g/mol. The standard InChI is InChI=1S/C29H50O/c1-7-21(19(2)3)9-8-20(4)25-14-15-26-24-13-11-22-10-12-23(30)18-29(22,6)27(24)16-17-28(25,26)5/h11,19-21,23-27,30H,7-10,12-18H2,1-6H3/t20-,21-,23?,24+,25-,26+,27+,28-,29+/m1/s1. The Balaban J connectivity index is 1.48. The lowest BCUT2D eigenvalue weighted by Crippen LogP contribution is -2.51. The van der Waals surface area contributed by atoms with Gasteiger partial charge in [0.25, 0.3) is 0 Å². The van der Waals surface area contributed by atoms with Crippen molar-refractivity contribution >= 4 is 0 Å². The summed E-state index contributed by atoms with van der Waals surface area (Å²) in [6.45, 7) is 15.0. The molecule has 0 aromatic heterocycles. The number of aliphatic hydroxyl groups is 1. The van der Waals surface area contributed by atoms with Gasteiger partial charge < -0.3 is 5.11 Å². The molecule has 172 valence electrons. The average Bonchev–Trinajstić information content (AvgIpc) is 3.04. The van der Waals surface area contributed by atoms with E-state index in [1.807, 2.05) is 0 Å². The van der Waals surface area contributed by atoms with E-state index < -0.39 is 0 Å². The van der Waals surface area contributed by atoms with Gasteiger partial charge in [-0.2, -0.15) is 0 Å². The smallest absolute Gasteiger partial charge is 0.0551 e. The Morgan fingerprint density at radius 1 is 1.03 bits per heavy atom. The van der Waals surface area contributed by atoms with Crippen molar-refractivity contribution < 1.29 is 5.11 Å². The predicted octanol–water partition coefficient (Wildman–Crippen LogP) is 8.02. The molecule has 0 spiro atoms. The van der Waals surface area contributed by atoms with Crippen molar-refractivity contribution in [3.05, 3.63) is 11.6 Å². The van der Waals surface area contributed by atoms with Gasteiger partial charge in [-0.25, -0.2) is 0 Å². The summed E-state index contributed by atoms with van der Waals surface area (Å²) in [6, 6.07) is 0. The molecule has 0 saturated heterocycles. The van der Waals surface area contributed by atoms with Crippen LogP contribution in [0.1, 0.15) is 112 Å². The molecular formula is C29H50O. The first-order chi connectivity index (χ1) is 14.2. The van der Waals surface area contributed by atoms with Crippen LogP contribution in [-0.4, -0.2) is 11.2 Å². The molecular weight excluding hydrogens is 364 g/mol. The molecule has 0 heterocycles. The molecule has 1 N–H and O–H groups in total. The molecule has 0 aromatic carbocycles. The van der Waals surface area contributed by atoms with Crippen LogP contribution < -0.4 is 0 Å². The minimum absolute atomic E-state index is 0.0666. The Morgan fingerprint density at radius 2 is 1.80 bits per heavy atom. The summed E-state index contributed by atoms with van der Waals surface area (Å²) in [6.07, 6.45) is 17.1. The van der Waals surface area contributed by atoms with Crippen LogP contribution in [0.5, 0.6) is 0 Å². The molecule has 4 aliphatic rings. The van der Waals surface area contributed by atoms with Crippen LogP contribution in [0.25, 0.3) is 0 Å². The first-order valence-corrected chi connectivity index (χ1v) is 13.6. The summed E-state index contributed by atoms with van der Waals surface area (Å²) in [5, 5.41) is 10.5. The molecule has 0 aromatic rings. The van der Waals surface area contributed by atoms with Crippen LogP contribution in [0.3, 0.4) is 0 Å². The van der Waals surface area contributed by atoms with Gasteiger partial charge >= 0.3 is 0 Å². The Labute approximate surface area is 187 Å². The first kappa shape index (κ1) is 22.9. The van der Waals surface area contributed by atoms with E-state index in [0.29, 0.717) is 5.41 Å². The highest BCUT2D eigenvalue weighted by Crippen LogP contribution is 2.67. The van der Waals surface area contributed by atoms with Gasteiger partial charge in [0, 0.05) is 0 Å². The average molecular weight is 415 g/mol. The summed E-state index contributed by atoms with van der Waals surface area (Å²) in [7, 11) is 0. The van der Waals surface area contributed by atoms with Crippen molar-refractivity contribution in [3.63, 3.8) is 0 Å². The Hall–Kier alpha value is -0.300. The lowest BCUT2D eigenvalue weighted by molar-refractivity contribution is -0.0638. The summed E-state index contributed by atoms with van der Waals surface area (Å²) in [5.74, 6) is 6.18. The molecule has 0 aliphatic heterocycles. The van der Waals surface area contributed by atoms with Crippen molar-refractivity contribution in [2.75, 3.05) is 0 Å². The molecule has 0 bridgehead atoms. The number of hydrogen-bond donors (Lipinski definition) is 1. The second-order valence-corrected chi connectivity index (χ2v) is 12.9. The van der Waals surface area contributed by atoms with Gasteiger partial charge in [0.05, 0.1) is 6.10 Å². The van der Waals surface area contributed by atoms with Crippen LogP contribution >= 0.6 is 0 Å². The normalized spacial score (nSPS) is 45.3. The lowest BCUT2D eigenvalue weighted by Gasteiger charge is -2.58. The van der Waals surface area contributed by atoms with E-state index in [0.717, 1.165) is 60.7 Å². The SMILES string of the molecule is CC[C@H](CC[C@@H](C)[C@H]1CC[C@H]2[C@@H]3CC=C4CCC(O)C[C@]4(C)[C@H]3CC[C@]12C)C(C)C. The zero-order chi connectivity index (χ0) is 21.7. The third kappa shape index (κ3) is 3.74. The lowest BCUT2D eigenvalue weighted by atomic mass is 9.47. The minimum atomic E-state index is -0.0666. The maximum absolute atomic E-state index is 10.5. The fourth-order valence-electron chi connectivity index (χ4n) is 9.40. The van der Waals surface area contributed by atoms with E-state index in [2.05, 4.69) is 47.6 Å². The van der Waals surface area contributed by atoms with E-state index in [-0.39, 0.29) is 11.5 Å². The van der Waals surface area contributed by atoms with Crippen LogP contribution in [0, 0.1) is 52.3 Å². The van der Waals surface area contributed by atoms with Gasteiger partial charge in [-0.15, -0.1) is 0 Å². The van der Waals surface area contributed by atoms with Gasteiger partial charge in [0.2, 0.25) is 0 Å². The highest BCUT2D eigenvalue weighted by atomic mass is 16.3. The summed E-state index contributed by atoms with van der Waals surface area (Å²) >= 11 is 0. The second kappa shape index (κ2) is 8.57. The van der Waals surface area contributed by atoms with Crippen LogP contribution in [0.2, 0.25) is 0 Å². The second-order valence-electron chi connectivity index (χ2n) is 12.9. The fourth-order valence-corrected chi connectivity index (χ4v) is 9.40. The molecule has 3 saturated carbocycles. The van der Waals surface area contributed by atoms with E-state index in [1.165, 1.54) is 51.4 Å². The molecule has 9 atom stereocenters. The molecule has 0 radical (unpaired) electrons. The van der Waals surface area contributed by atoms with E-state index in [1.54, 1.807) is 5.57 Å². The summed E-state index contributed by atoms with van der Waals surface area (Å²) < 4.78 is 0. The molecule has 4 rings (SSSR count). The molecule has 30 heavy (non-hydrogen) atoms. The van der Waals surface area contributed by atoms with Crippen LogP contribution in [0.4, 0.5) is 0 Å². The van der Waals surface area contributed by atoms with Crippen LogP contribution in [0.15, 0.2) is 11.6 Å². The Bertz CT molecular complexity index is 634. The van der Waals surface area contributed by atoms with E-state index in [4.69, 9.17) is 0 Å². The minimum Gasteiger partial charge on any atom is -0.393 e. The molecule has 1 nitrogen and oxygen atoms in total. The van der Waals surface area contributed by atoms with Crippen molar-refractivity contribution in [2.24, 2.45) is 52.3 Å². The number of fused-ring (bicyclic) bond motifs is 5. The first-order valence-electron chi connectivity index (χ1n) is 13.6. The number of hydrogen-bond acceptors (Lipinski definition) is 1. The summed E-state index contributed by atoms with van der Waals surface area (Å²) in [4.78, 5) is 0. The maximum atomic E-state index is 10.5. The van der Waals surface area contributed by atoms with E-state index in [9.17, 15) is 5.11 Å². The molecule has 1 unspecified atom stereocenters. The fraction of sp³-hybridized carbons (Fsp3) is 0.931. The van der Waals surface area contributed by atoms with Gasteiger partial charge in [0.15, 0.2) is 0 Å². The zero-order valence-electron chi connectivity index (χ0n) is 20.9. The quantitative estimate of drug-likeness (QED) is 0.436. The van der Waals surface area contributed by atoms with Crippen molar-refractivity contribution in [1.29, 1.82) is 0 Å². The Morgan fingerprint density at radius 3 is 2.50 bits per heavy atom. The predicted molar refractivity (Wildman–Crippen MR) is 128 cm³/mol. The molecule has 3 fully saturated rings. The zero-order valence-corrected chi connectivity index (χ0v) is 20.9. The highest BCUT2D eigenvalue weighted by molar-refractivity contribution is 5.25. The topological polar surface area (TPSA) is 20.2 Å². The van der Waals surface area contributed by atoms with Crippen molar-refractivity contribution in [2.45, 2.75) is 118 Å². The summed E-state index contributed by atoms with van der Waals surface area (Å²) in [5.41, 5.74) is 2.56. The van der Waals surface area contributed by atoms with Crippen LogP contribution in [-0.2, 0) is 0 Å². The van der Waals surface area contributed by atoms with E-state index >= 15 is 0 Å². The third-order valence-electron chi connectivity index (χ3n) is 11.3. The highest BCUT2D eigenvalue weighted by Gasteiger charge is 2.59. The van der Waals surface area contributed by atoms with Crippen molar-refractivity contribution in [1.82, 2.24) is 0 Å². The largest absolute Gasteiger partial charge is 0.393 e. The van der Waals surface area contributed by atoms with Gasteiger partial charge in [-0.3, -0.25) is 0 Å².